The third kappa shape index (κ3) is 17.4. The lowest BCUT2D eigenvalue weighted by Crippen LogP contribution is -2.53. The van der Waals surface area contributed by atoms with Crippen molar-refractivity contribution in [2.45, 2.75) is 166 Å². The van der Waals surface area contributed by atoms with Crippen molar-refractivity contribution >= 4 is 76.4 Å². The normalized spacial score (nSPS) is 24.9. The molecule has 0 saturated carbocycles. The molecule has 0 aliphatic carbocycles. The second-order valence-electron chi connectivity index (χ2n) is 23.9. The van der Waals surface area contributed by atoms with Gasteiger partial charge in [0.05, 0.1) is 44.9 Å². The second kappa shape index (κ2) is 30.6. The van der Waals surface area contributed by atoms with Crippen molar-refractivity contribution in [1.29, 1.82) is 0 Å². The Morgan fingerprint density at radius 2 is 1.65 bits per heavy atom. The first-order chi connectivity index (χ1) is 41.5. The van der Waals surface area contributed by atoms with Crippen LogP contribution in [0.15, 0.2) is 66.3 Å². The van der Waals surface area contributed by atoms with E-state index in [1.807, 2.05) is 13.0 Å². The van der Waals surface area contributed by atoms with E-state index in [1.54, 1.807) is 52.0 Å². The van der Waals surface area contributed by atoms with Gasteiger partial charge in [0.1, 0.15) is 57.9 Å². The topological polar surface area (TPSA) is 309 Å². The molecule has 2 aromatic carbocycles. The fourth-order valence-corrected chi connectivity index (χ4v) is 11.8. The van der Waals surface area contributed by atoms with Crippen molar-refractivity contribution < 1.29 is 81.5 Å². The number of hydrogen-bond acceptors (Lipinski definition) is 17. The molecule has 2 fully saturated rings. The molecule has 0 spiro atoms. The number of nitrogens with zero attached hydrogens (tertiary/aromatic N) is 3. The van der Waals surface area contributed by atoms with Crippen LogP contribution in [0.1, 0.15) is 127 Å². The number of aliphatic hydroxyl groups is 1. The summed E-state index contributed by atoms with van der Waals surface area (Å²) in [5.74, 6) is -5.77. The van der Waals surface area contributed by atoms with Gasteiger partial charge in [-0.05, 0) is 88.6 Å². The van der Waals surface area contributed by atoms with Crippen molar-refractivity contribution in [3.63, 3.8) is 0 Å². The summed E-state index contributed by atoms with van der Waals surface area (Å²) in [7, 11) is 7.18. The molecule has 0 aromatic heterocycles. The SMILES string of the molecule is COc1cc(C(=O)N(C)[C@@H](C)C(=O)O[C@H]2CC(=O)N(C)c3cc(cc(OC)c3Cl)C/C(C)=C/C=C/[C@@H](OC)[C@]3(O)CC(=O)O[C@@H](C3)[C@@H](C)[C@@H]3O[C@@]23C)ccc1CC(=O)[C@H](CCCNC(N)=O)NC(=O)[C@@H](CC(=O)CCCCCN1C(=O)C=CC1=O)C(C)C. The minimum Gasteiger partial charge on any atom is -0.496 e. The quantitative estimate of drug-likeness (QED) is 0.0392. The summed E-state index contributed by atoms with van der Waals surface area (Å²) < 4.78 is 35.5. The number of rotatable bonds is 25. The predicted octanol–water partition coefficient (Wildman–Crippen LogP) is 5.85. The second-order valence-corrected chi connectivity index (χ2v) is 24.2. The molecule has 24 heteroatoms. The number of benzene rings is 2. The van der Waals surface area contributed by atoms with Crippen LogP contribution in [0.2, 0.25) is 5.02 Å². The van der Waals surface area contributed by atoms with E-state index in [0.717, 1.165) is 20.9 Å². The van der Waals surface area contributed by atoms with Crippen molar-refractivity contribution in [3.8, 4) is 11.5 Å². The number of ketones is 2. The Hall–Kier alpha value is -7.47. The molecule has 2 aromatic rings. The molecule has 7 amide bonds. The van der Waals surface area contributed by atoms with Crippen molar-refractivity contribution in [1.82, 2.24) is 20.4 Å². The van der Waals surface area contributed by atoms with Gasteiger partial charge in [-0.3, -0.25) is 43.3 Å². The summed E-state index contributed by atoms with van der Waals surface area (Å²) in [5.41, 5.74) is 4.64. The van der Waals surface area contributed by atoms with Crippen LogP contribution in [0.5, 0.6) is 11.5 Å². The maximum absolute atomic E-state index is 14.6. The Kier molecular flexibility index (Phi) is 24.2. The highest BCUT2D eigenvalue weighted by atomic mass is 35.5. The number of fused-ring (bicyclic) bond motifs is 5. The predicted molar refractivity (Wildman–Crippen MR) is 324 cm³/mol. The van der Waals surface area contributed by atoms with E-state index in [0.29, 0.717) is 42.7 Å². The van der Waals surface area contributed by atoms with E-state index in [1.165, 1.54) is 77.6 Å². The van der Waals surface area contributed by atoms with Crippen LogP contribution in [0.3, 0.4) is 0 Å². The maximum Gasteiger partial charge on any atom is 0.328 e. The number of primary amides is 1. The molecular weight excluding hydrogens is 1160 g/mol. The Bertz CT molecular complexity index is 3050. The number of allylic oxidation sites excluding steroid dienone is 3. The molecule has 4 bridgehead atoms. The number of carbonyl (C=O) groups excluding carboxylic acids is 10. The number of hydrogen-bond donors (Lipinski definition) is 4. The number of esters is 2. The number of likely N-dealkylation sites (N-methyl/N-ethyl adjacent to an activating group) is 1. The first-order valence-corrected chi connectivity index (χ1v) is 30.1. The van der Waals surface area contributed by atoms with E-state index >= 15 is 0 Å². The fourth-order valence-electron chi connectivity index (χ4n) is 11.5. The van der Waals surface area contributed by atoms with Gasteiger partial charge in [0, 0.05) is 95.1 Å². The van der Waals surface area contributed by atoms with Crippen molar-refractivity contribution in [2.24, 2.45) is 23.5 Å². The highest BCUT2D eigenvalue weighted by Crippen LogP contribution is 2.50. The Morgan fingerprint density at radius 3 is 2.30 bits per heavy atom. The number of epoxide rings is 1. The highest BCUT2D eigenvalue weighted by molar-refractivity contribution is 6.35. The number of anilines is 1. The molecule has 480 valence electrons. The molecule has 6 rings (SSSR count). The zero-order valence-corrected chi connectivity index (χ0v) is 52.9. The largest absolute Gasteiger partial charge is 0.496 e. The van der Waals surface area contributed by atoms with Crippen LogP contribution in [-0.2, 0) is 70.1 Å². The molecule has 88 heavy (non-hydrogen) atoms. The lowest BCUT2D eigenvalue weighted by atomic mass is 9.78. The minimum atomic E-state index is -1.67. The minimum absolute atomic E-state index is 0.0245. The average molecular weight is 1250 g/mol. The first kappa shape index (κ1) is 69.6. The maximum atomic E-state index is 14.6. The van der Waals surface area contributed by atoms with Crippen molar-refractivity contribution in [2.75, 3.05) is 53.4 Å². The molecule has 4 aliphatic heterocycles. The smallest absolute Gasteiger partial charge is 0.328 e. The van der Waals surface area contributed by atoms with Gasteiger partial charge in [-0.2, -0.15) is 0 Å². The van der Waals surface area contributed by atoms with Crippen LogP contribution in [-0.4, -0.2) is 170 Å². The molecule has 4 aliphatic rings. The number of Topliss-reactive ketones (excluding diaryl/α,β-unsaturated/α-hetero) is 2. The van der Waals surface area contributed by atoms with Gasteiger partial charge < -0.3 is 59.7 Å². The number of urea groups is 1. The summed E-state index contributed by atoms with van der Waals surface area (Å²) in [4.78, 5) is 137. The van der Waals surface area contributed by atoms with Gasteiger partial charge in [0.15, 0.2) is 5.78 Å². The number of amides is 7. The number of imide groups is 1. The molecule has 0 radical (unpaired) electrons. The highest BCUT2D eigenvalue weighted by Gasteiger charge is 2.64. The van der Waals surface area contributed by atoms with E-state index in [4.69, 9.17) is 45.8 Å². The Morgan fingerprint density at radius 1 is 0.955 bits per heavy atom. The van der Waals surface area contributed by atoms with E-state index < -0.39 is 107 Å². The number of nitrogens with two attached hydrogens (primary N) is 1. The molecule has 23 nitrogen and oxygen atoms in total. The zero-order valence-electron chi connectivity index (χ0n) is 52.1. The van der Waals surface area contributed by atoms with E-state index in [9.17, 15) is 53.1 Å². The van der Waals surface area contributed by atoms with Gasteiger partial charge >= 0.3 is 18.0 Å². The molecule has 0 unspecified atom stereocenters. The average Bonchev–Trinajstić information content (AvgIpc) is 1.58. The number of halogens is 1. The molecule has 10 atom stereocenters. The van der Waals surface area contributed by atoms with Gasteiger partial charge in [0.25, 0.3) is 17.7 Å². The van der Waals surface area contributed by atoms with Gasteiger partial charge in [-0.25, -0.2) is 9.59 Å². The summed E-state index contributed by atoms with van der Waals surface area (Å²) in [6.45, 7) is 10.8. The Balaban J connectivity index is 1.18. The number of ether oxygens (including phenoxy) is 6. The van der Waals surface area contributed by atoms with Gasteiger partial charge in [0.2, 0.25) is 11.8 Å². The van der Waals surface area contributed by atoms with Crippen molar-refractivity contribution in [3.05, 3.63) is 88.0 Å². The molecule has 2 saturated heterocycles. The molecule has 4 heterocycles. The van der Waals surface area contributed by atoms with Crippen LogP contribution in [0.25, 0.3) is 0 Å². The number of unbranched alkanes of at least 4 members (excludes halogenated alkanes) is 2. The lowest BCUT2D eigenvalue weighted by molar-refractivity contribution is -0.187. The first-order valence-electron chi connectivity index (χ1n) is 29.7. The summed E-state index contributed by atoms with van der Waals surface area (Å²) in [6, 6.07) is 4.80. The summed E-state index contributed by atoms with van der Waals surface area (Å²) in [5, 5.41) is 17.5. The summed E-state index contributed by atoms with van der Waals surface area (Å²) >= 11 is 6.87. The molecule has 5 N–H and O–H groups in total. The van der Waals surface area contributed by atoms with Gasteiger partial charge in [-0.15, -0.1) is 0 Å². The van der Waals surface area contributed by atoms with Crippen LogP contribution in [0, 0.1) is 17.8 Å². The number of methoxy groups -OCH3 is 3. The van der Waals surface area contributed by atoms with E-state index in [-0.39, 0.29) is 97.9 Å². The standard InChI is InChI=1S/C64H85ClN6O17/c1-36(2)44(32-43(72)18-13-12-14-26-71-53(74)23-24-54(71)75)59(78)68-45(19-16-25-67-62(66)81)47(73)30-41-21-22-42(31-48(41)83-9)60(79)69(7)39(5)61(80)87-52-33-55(76)70(8)46-28-40(29-49(84-10)57(46)65)27-37(3)17-15-20-51(85-11)64(82)34-50(86-56(77)35-64)38(4)58-63(52,6)88-58/h15,17,20-24,28-29,31,36,38-39,44-45,50-52,58,82H,12-14,16,18-19,25-27,30,32-35H2,1-11H3,(H,68,78)(H3,66,67,81)/b20-15+,37-17+/t38-,39+,44+,45+,50+,51-,52+,58+,63+,64-/m1/s1. The zero-order chi connectivity index (χ0) is 64.9. The monoisotopic (exact) mass is 1240 g/mol. The fraction of sp³-hybridized carbons (Fsp3) is 0.562. The van der Waals surface area contributed by atoms with Crippen LogP contribution < -0.4 is 30.7 Å². The van der Waals surface area contributed by atoms with Gasteiger partial charge in [-0.1, -0.05) is 68.7 Å². The third-order valence-electron chi connectivity index (χ3n) is 17.1. The van der Waals surface area contributed by atoms with Crippen LogP contribution in [0.4, 0.5) is 10.5 Å². The number of nitrogens with one attached hydrogen (secondary N) is 2. The summed E-state index contributed by atoms with van der Waals surface area (Å²) in [6.07, 6.45) is 5.22. The Labute approximate surface area is 518 Å². The van der Waals surface area contributed by atoms with E-state index in [2.05, 4.69) is 10.6 Å². The third-order valence-corrected chi connectivity index (χ3v) is 17.5. The lowest BCUT2D eigenvalue weighted by Gasteiger charge is -2.41. The number of carbonyl (C=O) groups is 10. The van der Waals surface area contributed by atoms with Crippen LogP contribution >= 0.6 is 11.6 Å². The molecular formula is C64H85ClN6O17.